The van der Waals surface area contributed by atoms with Gasteiger partial charge in [-0.2, -0.15) is 9.97 Å². The van der Waals surface area contributed by atoms with Gasteiger partial charge in [-0.05, 0) is 25.8 Å². The number of unbranched alkanes of at least 4 members (excludes halogenated alkanes) is 9. The molecule has 0 spiro atoms. The Morgan fingerprint density at radius 3 is 2.25 bits per heavy atom. The first kappa shape index (κ1) is 26.2. The van der Waals surface area contributed by atoms with E-state index in [1.54, 1.807) is 0 Å². The highest BCUT2D eigenvalue weighted by Gasteiger charge is 2.10. The highest BCUT2D eigenvalue weighted by Crippen LogP contribution is 2.21. The highest BCUT2D eigenvalue weighted by molar-refractivity contribution is 5.60. The Kier molecular flexibility index (Phi) is 12.9. The van der Waals surface area contributed by atoms with E-state index < -0.39 is 6.10 Å². The third-order valence-electron chi connectivity index (χ3n) is 5.53. The van der Waals surface area contributed by atoms with Gasteiger partial charge in [0, 0.05) is 12.2 Å². The van der Waals surface area contributed by atoms with Gasteiger partial charge in [-0.15, -0.1) is 0 Å². The summed E-state index contributed by atoms with van der Waals surface area (Å²) in [7, 11) is 0. The second kappa shape index (κ2) is 15.7. The molecule has 0 aliphatic heterocycles. The second-order valence-electron chi connectivity index (χ2n) is 8.63. The maximum atomic E-state index is 10.1. The molecule has 0 radical (unpaired) electrons. The van der Waals surface area contributed by atoms with Gasteiger partial charge < -0.3 is 14.6 Å². The minimum atomic E-state index is -0.709. The van der Waals surface area contributed by atoms with E-state index in [9.17, 15) is 5.11 Å². The molecule has 0 amide bonds. The Labute approximate surface area is 193 Å². The number of aliphatic hydroxyl groups is 1. The smallest absolute Gasteiger partial charge is 0.320 e. The molecule has 2 aromatic rings. The number of hydrogen-bond acceptors (Lipinski definition) is 6. The van der Waals surface area contributed by atoms with Gasteiger partial charge in [0.15, 0.2) is 5.82 Å². The van der Waals surface area contributed by atoms with Gasteiger partial charge in [0.25, 0.3) is 0 Å². The Morgan fingerprint density at radius 2 is 1.56 bits per heavy atom. The van der Waals surface area contributed by atoms with Crippen molar-refractivity contribution in [3.05, 3.63) is 35.7 Å². The first-order chi connectivity index (χ1) is 15.6. The van der Waals surface area contributed by atoms with Gasteiger partial charge in [-0.1, -0.05) is 88.5 Å². The lowest BCUT2D eigenvalue weighted by molar-refractivity contribution is 0.00911. The third kappa shape index (κ3) is 10.5. The second-order valence-corrected chi connectivity index (χ2v) is 8.63. The summed E-state index contributed by atoms with van der Waals surface area (Å²) >= 11 is 0. The zero-order valence-corrected chi connectivity index (χ0v) is 20.2. The molecule has 0 saturated heterocycles. The monoisotopic (exact) mass is 443 g/mol. The Morgan fingerprint density at radius 1 is 0.875 bits per heavy atom. The van der Waals surface area contributed by atoms with Crippen LogP contribution in [0.15, 0.2) is 24.5 Å². The number of benzene rings is 1. The number of nitrogens with zero attached hydrogens (tertiary/aromatic N) is 3. The minimum absolute atomic E-state index is 0.0916. The lowest BCUT2D eigenvalue weighted by atomic mass is 10.1. The van der Waals surface area contributed by atoms with E-state index in [2.05, 4.69) is 34.9 Å². The summed E-state index contributed by atoms with van der Waals surface area (Å²) in [5, 5.41) is 10.1. The van der Waals surface area contributed by atoms with E-state index in [0.717, 1.165) is 17.5 Å². The van der Waals surface area contributed by atoms with Crippen molar-refractivity contribution < 1.29 is 14.6 Å². The molecule has 0 saturated carbocycles. The van der Waals surface area contributed by atoms with Crippen molar-refractivity contribution in [1.29, 1.82) is 0 Å². The molecule has 1 N–H and O–H groups in total. The van der Waals surface area contributed by atoms with E-state index in [4.69, 9.17) is 9.47 Å². The molecule has 1 unspecified atom stereocenters. The number of ether oxygens (including phenoxy) is 2. The average molecular weight is 444 g/mol. The number of aliphatic hydroxyl groups excluding tert-OH is 1. The number of aromatic nitrogens is 3. The fourth-order valence-electron chi connectivity index (χ4n) is 3.67. The van der Waals surface area contributed by atoms with E-state index in [1.807, 2.05) is 19.1 Å². The van der Waals surface area contributed by atoms with Crippen molar-refractivity contribution in [3.8, 4) is 17.4 Å². The van der Waals surface area contributed by atoms with Crippen LogP contribution in [0, 0.1) is 13.8 Å². The highest BCUT2D eigenvalue weighted by atomic mass is 16.5. The Balaban J connectivity index is 1.55. The van der Waals surface area contributed by atoms with E-state index >= 15 is 0 Å². The summed E-state index contributed by atoms with van der Waals surface area (Å²) in [6.45, 7) is 7.37. The van der Waals surface area contributed by atoms with Crippen LogP contribution < -0.4 is 4.74 Å². The van der Waals surface area contributed by atoms with Gasteiger partial charge in [0.1, 0.15) is 19.0 Å². The van der Waals surface area contributed by atoms with Crippen molar-refractivity contribution in [2.75, 3.05) is 19.8 Å². The minimum Gasteiger partial charge on any atom is -0.461 e. The van der Waals surface area contributed by atoms with Gasteiger partial charge >= 0.3 is 6.01 Å². The summed E-state index contributed by atoms with van der Waals surface area (Å²) in [4.78, 5) is 12.7. The molecule has 0 aliphatic rings. The fourth-order valence-corrected chi connectivity index (χ4v) is 3.67. The maximum Gasteiger partial charge on any atom is 0.320 e. The van der Waals surface area contributed by atoms with Crippen LogP contribution in [0.3, 0.4) is 0 Å². The van der Waals surface area contributed by atoms with Crippen LogP contribution in [-0.4, -0.2) is 46.0 Å². The summed E-state index contributed by atoms with van der Waals surface area (Å²) in [5.74, 6) is 0.569. The SMILES string of the molecule is CCCCCCCCCCCCOCC(O)COc1ncnc(-c2ccc(C)cc2C)n1. The molecular weight excluding hydrogens is 402 g/mol. The lowest BCUT2D eigenvalue weighted by Gasteiger charge is -2.12. The summed E-state index contributed by atoms with van der Waals surface area (Å²) in [5.41, 5.74) is 3.24. The third-order valence-corrected chi connectivity index (χ3v) is 5.53. The van der Waals surface area contributed by atoms with Gasteiger partial charge in [-0.3, -0.25) is 0 Å². The Hall–Kier alpha value is -2.05. The molecule has 0 fully saturated rings. The van der Waals surface area contributed by atoms with E-state index in [-0.39, 0.29) is 19.2 Å². The van der Waals surface area contributed by atoms with Crippen LogP contribution in [0.2, 0.25) is 0 Å². The molecule has 1 aromatic heterocycles. The largest absolute Gasteiger partial charge is 0.461 e. The molecule has 178 valence electrons. The molecule has 2 rings (SSSR count). The zero-order chi connectivity index (χ0) is 23.0. The van der Waals surface area contributed by atoms with Crippen LogP contribution in [-0.2, 0) is 4.74 Å². The average Bonchev–Trinajstić information content (AvgIpc) is 2.78. The van der Waals surface area contributed by atoms with Gasteiger partial charge in [-0.25, -0.2) is 4.98 Å². The number of hydrogen-bond donors (Lipinski definition) is 1. The molecule has 0 aliphatic carbocycles. The van der Waals surface area contributed by atoms with Crippen LogP contribution in [0.4, 0.5) is 0 Å². The normalized spacial score (nSPS) is 12.1. The molecule has 1 aromatic carbocycles. The Bertz CT molecular complexity index is 770. The quantitative estimate of drug-likeness (QED) is 0.310. The number of rotatable bonds is 17. The lowest BCUT2D eigenvalue weighted by Crippen LogP contribution is -2.24. The van der Waals surface area contributed by atoms with Crippen LogP contribution in [0.1, 0.15) is 82.3 Å². The predicted octanol–water partition coefficient (Wildman–Crippen LogP) is 5.83. The molecular formula is C26H41N3O3. The van der Waals surface area contributed by atoms with Crippen LogP contribution in [0.25, 0.3) is 11.4 Å². The fraction of sp³-hybridized carbons (Fsp3) is 0.654. The first-order valence-electron chi connectivity index (χ1n) is 12.3. The molecule has 6 heteroatoms. The van der Waals surface area contributed by atoms with E-state index in [1.165, 1.54) is 69.7 Å². The molecule has 1 atom stereocenters. The van der Waals surface area contributed by atoms with E-state index in [0.29, 0.717) is 12.4 Å². The van der Waals surface area contributed by atoms with Crippen molar-refractivity contribution in [2.45, 2.75) is 91.1 Å². The molecule has 6 nitrogen and oxygen atoms in total. The first-order valence-corrected chi connectivity index (χ1v) is 12.3. The van der Waals surface area contributed by atoms with Gasteiger partial charge in [0.2, 0.25) is 0 Å². The molecule has 0 bridgehead atoms. The summed E-state index contributed by atoms with van der Waals surface area (Å²) in [6, 6.07) is 6.33. The standard InChI is InChI=1S/C26H41N3O3/c1-4-5-6-7-8-9-10-11-12-13-16-31-18-23(30)19-32-26-28-20-27-25(29-26)24-15-14-21(2)17-22(24)3/h14-15,17,20,23,30H,4-13,16,18-19H2,1-3H3. The maximum absolute atomic E-state index is 10.1. The predicted molar refractivity (Wildman–Crippen MR) is 129 cm³/mol. The molecule has 1 heterocycles. The zero-order valence-electron chi connectivity index (χ0n) is 20.2. The number of aryl methyl sites for hydroxylation is 2. The summed E-state index contributed by atoms with van der Waals surface area (Å²) < 4.78 is 11.2. The topological polar surface area (TPSA) is 77.4 Å². The van der Waals surface area contributed by atoms with Crippen LogP contribution in [0.5, 0.6) is 6.01 Å². The molecule has 32 heavy (non-hydrogen) atoms. The van der Waals surface area contributed by atoms with Crippen molar-refractivity contribution in [1.82, 2.24) is 15.0 Å². The van der Waals surface area contributed by atoms with Crippen molar-refractivity contribution >= 4 is 0 Å². The van der Waals surface area contributed by atoms with Crippen molar-refractivity contribution in [3.63, 3.8) is 0 Å². The summed E-state index contributed by atoms with van der Waals surface area (Å²) in [6.07, 6.45) is 13.7. The van der Waals surface area contributed by atoms with Crippen LogP contribution >= 0.6 is 0 Å². The van der Waals surface area contributed by atoms with Crippen molar-refractivity contribution in [2.24, 2.45) is 0 Å². The van der Waals surface area contributed by atoms with Gasteiger partial charge in [0.05, 0.1) is 6.61 Å².